The largest absolute Gasteiger partial charge is 0.472 e. The zero-order valence-electron chi connectivity index (χ0n) is 16.0. The molecule has 0 spiro atoms. The first-order valence-corrected chi connectivity index (χ1v) is 9.90. The summed E-state index contributed by atoms with van der Waals surface area (Å²) in [6.07, 6.45) is 0.0533. The van der Waals surface area contributed by atoms with Crippen molar-refractivity contribution in [2.45, 2.75) is 51.4 Å². The summed E-state index contributed by atoms with van der Waals surface area (Å²) in [5.41, 5.74) is -1.21. The molecular formula is C18H23F2N3O4S. The lowest BCUT2D eigenvalue weighted by Crippen LogP contribution is -2.50. The maximum absolute atomic E-state index is 14.7. The third kappa shape index (κ3) is 5.05. The number of amides is 1. The fourth-order valence-corrected chi connectivity index (χ4v) is 3.77. The zero-order chi connectivity index (χ0) is 20.3. The molecule has 1 saturated carbocycles. The molecule has 154 valence electrons. The first-order chi connectivity index (χ1) is 13.3. The van der Waals surface area contributed by atoms with Crippen LogP contribution in [0, 0.1) is 5.82 Å². The topological polar surface area (TPSA) is 82.6 Å². The lowest BCUT2D eigenvalue weighted by atomic mass is 9.79. The standard InChI is InChI=1S/C18H23F2N3O4S/c1-4-25-17-22-14-5-13(19)15(23-16(14)28-17)27-9-18(20)6-12(7-18)26-8-10(2)21-11(3)24/h5,10,12H,4,6-9H2,1-3H3,(H,21,24)/t10-,12-,18+/m0/s1. The van der Waals surface area contributed by atoms with Gasteiger partial charge in [-0.15, -0.1) is 0 Å². The molecule has 0 radical (unpaired) electrons. The number of ether oxygens (including phenoxy) is 3. The summed E-state index contributed by atoms with van der Waals surface area (Å²) in [5, 5.41) is 3.10. The minimum absolute atomic E-state index is 0.140. The van der Waals surface area contributed by atoms with Crippen LogP contribution in [0.4, 0.5) is 8.78 Å². The Balaban J connectivity index is 1.50. The summed E-state index contributed by atoms with van der Waals surface area (Å²) in [6.45, 7) is 5.52. The van der Waals surface area contributed by atoms with Crippen LogP contribution in [0.5, 0.6) is 11.1 Å². The predicted molar refractivity (Wildman–Crippen MR) is 100 cm³/mol. The van der Waals surface area contributed by atoms with Crippen molar-refractivity contribution in [1.82, 2.24) is 15.3 Å². The highest BCUT2D eigenvalue weighted by atomic mass is 32.1. The molecule has 1 amide bonds. The van der Waals surface area contributed by atoms with Gasteiger partial charge >= 0.3 is 0 Å². The van der Waals surface area contributed by atoms with Gasteiger partial charge in [-0.3, -0.25) is 4.79 Å². The number of halogens is 2. The molecular weight excluding hydrogens is 392 g/mol. The minimum Gasteiger partial charge on any atom is -0.472 e. The van der Waals surface area contributed by atoms with E-state index >= 15 is 0 Å². The average Bonchev–Trinajstić information content (AvgIpc) is 2.96. The Morgan fingerprint density at radius 3 is 2.86 bits per heavy atom. The van der Waals surface area contributed by atoms with Gasteiger partial charge in [-0.1, -0.05) is 11.3 Å². The molecule has 2 heterocycles. The molecule has 1 fully saturated rings. The molecule has 0 aliphatic heterocycles. The number of alkyl halides is 1. The molecule has 10 heteroatoms. The number of hydrogen-bond acceptors (Lipinski definition) is 7. The molecule has 1 aliphatic rings. The van der Waals surface area contributed by atoms with Gasteiger partial charge in [0.2, 0.25) is 5.91 Å². The van der Waals surface area contributed by atoms with Crippen molar-refractivity contribution in [2.75, 3.05) is 19.8 Å². The highest BCUT2D eigenvalue weighted by Gasteiger charge is 2.46. The molecule has 1 atom stereocenters. The van der Waals surface area contributed by atoms with Crippen LogP contribution in [0.25, 0.3) is 10.3 Å². The van der Waals surface area contributed by atoms with E-state index in [1.807, 2.05) is 13.8 Å². The van der Waals surface area contributed by atoms with E-state index < -0.39 is 11.5 Å². The van der Waals surface area contributed by atoms with Gasteiger partial charge in [-0.2, -0.15) is 4.98 Å². The van der Waals surface area contributed by atoms with Crippen molar-refractivity contribution in [3.63, 3.8) is 0 Å². The Hall–Kier alpha value is -2.07. The number of thiazole rings is 1. The summed E-state index contributed by atoms with van der Waals surface area (Å²) in [5.74, 6) is -1.08. The Labute approximate surface area is 165 Å². The third-order valence-corrected chi connectivity index (χ3v) is 5.12. The monoisotopic (exact) mass is 415 g/mol. The van der Waals surface area contributed by atoms with Gasteiger partial charge < -0.3 is 19.5 Å². The van der Waals surface area contributed by atoms with Gasteiger partial charge in [0.15, 0.2) is 10.6 Å². The number of hydrogen-bond donors (Lipinski definition) is 1. The van der Waals surface area contributed by atoms with Crippen LogP contribution in [0.2, 0.25) is 0 Å². The Morgan fingerprint density at radius 2 is 2.18 bits per heavy atom. The quantitative estimate of drug-likeness (QED) is 0.678. The smallest absolute Gasteiger partial charge is 0.275 e. The van der Waals surface area contributed by atoms with E-state index in [2.05, 4.69) is 15.3 Å². The summed E-state index contributed by atoms with van der Waals surface area (Å²) in [7, 11) is 0. The second-order valence-electron chi connectivity index (χ2n) is 6.92. The van der Waals surface area contributed by atoms with Crippen molar-refractivity contribution >= 4 is 27.6 Å². The molecule has 0 aromatic carbocycles. The number of pyridine rings is 1. The van der Waals surface area contributed by atoms with Crippen molar-refractivity contribution < 1.29 is 27.8 Å². The fourth-order valence-electron chi connectivity index (χ4n) is 2.95. The minimum atomic E-state index is -1.59. The van der Waals surface area contributed by atoms with E-state index in [1.165, 1.54) is 24.3 Å². The molecule has 3 rings (SSSR count). The molecule has 28 heavy (non-hydrogen) atoms. The van der Waals surface area contributed by atoms with E-state index in [1.54, 1.807) is 0 Å². The molecule has 0 unspecified atom stereocenters. The molecule has 0 bridgehead atoms. The van der Waals surface area contributed by atoms with E-state index in [0.29, 0.717) is 28.8 Å². The number of carbonyl (C=O) groups is 1. The summed E-state index contributed by atoms with van der Waals surface area (Å²) in [4.78, 5) is 19.6. The SMILES string of the molecule is CCOc1nc2cc(F)c(OC[C@]3(F)C[C@@H](OC[C@H](C)NC(C)=O)C3)nc2s1. The second kappa shape index (κ2) is 8.52. The number of aromatic nitrogens is 2. The first-order valence-electron chi connectivity index (χ1n) is 9.08. The highest BCUT2D eigenvalue weighted by molar-refractivity contribution is 7.19. The number of nitrogens with zero attached hydrogens (tertiary/aromatic N) is 2. The van der Waals surface area contributed by atoms with Crippen LogP contribution >= 0.6 is 11.3 Å². The number of carbonyl (C=O) groups excluding carboxylic acids is 1. The van der Waals surface area contributed by atoms with Crippen LogP contribution in [0.3, 0.4) is 0 Å². The van der Waals surface area contributed by atoms with Crippen LogP contribution < -0.4 is 14.8 Å². The summed E-state index contributed by atoms with van der Waals surface area (Å²) >= 11 is 1.18. The number of rotatable bonds is 9. The van der Waals surface area contributed by atoms with Crippen molar-refractivity contribution in [2.24, 2.45) is 0 Å². The molecule has 2 aromatic rings. The van der Waals surface area contributed by atoms with Crippen LogP contribution in [-0.2, 0) is 9.53 Å². The van der Waals surface area contributed by atoms with Crippen LogP contribution in [0.15, 0.2) is 6.07 Å². The number of nitrogens with one attached hydrogen (secondary N) is 1. The molecule has 1 aliphatic carbocycles. The van der Waals surface area contributed by atoms with E-state index in [9.17, 15) is 13.6 Å². The van der Waals surface area contributed by atoms with Gasteiger partial charge in [0, 0.05) is 31.9 Å². The van der Waals surface area contributed by atoms with Gasteiger partial charge in [0.25, 0.3) is 11.1 Å². The van der Waals surface area contributed by atoms with Gasteiger partial charge in [-0.05, 0) is 13.8 Å². The van der Waals surface area contributed by atoms with E-state index in [-0.39, 0.29) is 43.4 Å². The number of fused-ring (bicyclic) bond motifs is 1. The maximum Gasteiger partial charge on any atom is 0.275 e. The Bertz CT molecular complexity index is 842. The Kier molecular flexibility index (Phi) is 6.29. The lowest BCUT2D eigenvalue weighted by Gasteiger charge is -2.40. The molecule has 0 saturated heterocycles. The van der Waals surface area contributed by atoms with E-state index in [0.717, 1.165) is 0 Å². The maximum atomic E-state index is 14.7. The van der Waals surface area contributed by atoms with Gasteiger partial charge in [-0.25, -0.2) is 13.8 Å². The van der Waals surface area contributed by atoms with Gasteiger partial charge in [0.1, 0.15) is 17.8 Å². The summed E-state index contributed by atoms with van der Waals surface area (Å²) < 4.78 is 45.0. The third-order valence-electron chi connectivity index (χ3n) is 4.24. The molecule has 1 N–H and O–H groups in total. The van der Waals surface area contributed by atoms with Crippen molar-refractivity contribution in [3.8, 4) is 11.1 Å². The van der Waals surface area contributed by atoms with Gasteiger partial charge in [0.05, 0.1) is 19.3 Å². The highest BCUT2D eigenvalue weighted by Crippen LogP contribution is 2.39. The molecule has 7 nitrogen and oxygen atoms in total. The lowest BCUT2D eigenvalue weighted by molar-refractivity contribution is -0.125. The first kappa shape index (κ1) is 20.7. The van der Waals surface area contributed by atoms with Crippen molar-refractivity contribution in [3.05, 3.63) is 11.9 Å². The summed E-state index contributed by atoms with van der Waals surface area (Å²) in [6, 6.07) is 1.06. The predicted octanol–water partition coefficient (Wildman–Crippen LogP) is 3.02. The van der Waals surface area contributed by atoms with Crippen molar-refractivity contribution in [1.29, 1.82) is 0 Å². The normalized spacial score (nSPS) is 22.5. The second-order valence-corrected chi connectivity index (χ2v) is 7.86. The zero-order valence-corrected chi connectivity index (χ0v) is 16.8. The van der Waals surface area contributed by atoms with Crippen LogP contribution in [-0.4, -0.2) is 53.5 Å². The van der Waals surface area contributed by atoms with Crippen LogP contribution in [0.1, 0.15) is 33.6 Å². The Morgan fingerprint density at radius 1 is 1.43 bits per heavy atom. The fraction of sp³-hybridized carbons (Fsp3) is 0.611. The molecule has 2 aromatic heterocycles. The average molecular weight is 415 g/mol. The van der Waals surface area contributed by atoms with E-state index in [4.69, 9.17) is 14.2 Å².